The van der Waals surface area contributed by atoms with Crippen LogP contribution in [0, 0.1) is 0 Å². The summed E-state index contributed by atoms with van der Waals surface area (Å²) in [4.78, 5) is 10.7. The van der Waals surface area contributed by atoms with Gasteiger partial charge in [-0.2, -0.15) is 0 Å². The van der Waals surface area contributed by atoms with Crippen LogP contribution in [0.5, 0.6) is 0 Å². The number of aliphatic hydroxyl groups is 1. The number of hydrogen-bond acceptors (Lipinski definition) is 2. The topological polar surface area (TPSA) is 57.5 Å². The van der Waals surface area contributed by atoms with E-state index < -0.39 is 5.97 Å². The third-order valence-electron chi connectivity index (χ3n) is 2.77. The minimum absolute atomic E-state index is 0.241. The number of carboxylic acid groups (broad SMARTS) is 1. The van der Waals surface area contributed by atoms with Crippen LogP contribution >= 0.6 is 0 Å². The minimum atomic E-state index is -0.889. The lowest BCUT2D eigenvalue weighted by molar-refractivity contribution is 0.0697. The Morgan fingerprint density at radius 1 is 1.25 bits per heavy atom. The molecule has 1 aromatic rings. The number of aliphatic hydroxyl groups excluding tert-OH is 1. The molecule has 1 rings (SSSR count). The van der Waals surface area contributed by atoms with Crippen molar-refractivity contribution in [2.24, 2.45) is 0 Å². The van der Waals surface area contributed by atoms with Crippen LogP contribution in [-0.2, 0) is 0 Å². The summed E-state index contributed by atoms with van der Waals surface area (Å²) < 4.78 is 0. The first-order valence-electron chi connectivity index (χ1n) is 5.59. The molecule has 0 aliphatic heterocycles. The molecule has 2 N–H and O–H groups in total. The fourth-order valence-electron chi connectivity index (χ4n) is 1.68. The van der Waals surface area contributed by atoms with Gasteiger partial charge in [-0.05, 0) is 36.5 Å². The summed E-state index contributed by atoms with van der Waals surface area (Å²) in [7, 11) is 0. The minimum Gasteiger partial charge on any atom is -0.478 e. The Balaban J connectivity index is 2.56. The van der Waals surface area contributed by atoms with E-state index in [9.17, 15) is 4.79 Å². The normalized spacial score (nSPS) is 12.4. The third kappa shape index (κ3) is 3.66. The van der Waals surface area contributed by atoms with Crippen LogP contribution in [0.3, 0.4) is 0 Å². The molecule has 1 unspecified atom stereocenters. The molecule has 1 atom stereocenters. The maximum Gasteiger partial charge on any atom is 0.335 e. The molecule has 0 aliphatic carbocycles. The predicted molar refractivity (Wildman–Crippen MR) is 62.8 cm³/mol. The van der Waals surface area contributed by atoms with E-state index in [1.54, 1.807) is 12.1 Å². The Morgan fingerprint density at radius 3 is 2.38 bits per heavy atom. The average Bonchev–Trinajstić information content (AvgIpc) is 2.29. The van der Waals surface area contributed by atoms with Gasteiger partial charge in [0.2, 0.25) is 0 Å². The van der Waals surface area contributed by atoms with E-state index in [1.165, 1.54) is 0 Å². The van der Waals surface area contributed by atoms with Crippen molar-refractivity contribution in [2.45, 2.75) is 32.1 Å². The lowest BCUT2D eigenvalue weighted by Gasteiger charge is -2.11. The molecular weight excluding hydrogens is 204 g/mol. The van der Waals surface area contributed by atoms with Crippen molar-refractivity contribution in [3.8, 4) is 0 Å². The van der Waals surface area contributed by atoms with Gasteiger partial charge in [0.1, 0.15) is 0 Å². The Labute approximate surface area is 95.7 Å². The van der Waals surface area contributed by atoms with E-state index in [4.69, 9.17) is 10.2 Å². The summed E-state index contributed by atoms with van der Waals surface area (Å²) in [5, 5.41) is 17.4. The summed E-state index contributed by atoms with van der Waals surface area (Å²) in [5.41, 5.74) is 1.48. The van der Waals surface area contributed by atoms with Crippen LogP contribution in [0.4, 0.5) is 0 Å². The first-order chi connectivity index (χ1) is 7.65. The third-order valence-corrected chi connectivity index (χ3v) is 2.77. The molecule has 0 saturated carbocycles. The second kappa shape index (κ2) is 6.28. The number of unbranched alkanes of at least 4 members (excludes halogenated alkanes) is 1. The average molecular weight is 222 g/mol. The van der Waals surface area contributed by atoms with Gasteiger partial charge in [-0.25, -0.2) is 4.79 Å². The summed E-state index contributed by atoms with van der Waals surface area (Å²) >= 11 is 0. The van der Waals surface area contributed by atoms with Crippen molar-refractivity contribution in [1.82, 2.24) is 0 Å². The Morgan fingerprint density at radius 2 is 1.88 bits per heavy atom. The van der Waals surface area contributed by atoms with Gasteiger partial charge in [0.25, 0.3) is 0 Å². The summed E-state index contributed by atoms with van der Waals surface area (Å²) in [6.07, 6.45) is 2.85. The highest BCUT2D eigenvalue weighted by Crippen LogP contribution is 2.21. The molecule has 0 heterocycles. The van der Waals surface area contributed by atoms with E-state index in [0.29, 0.717) is 11.5 Å². The van der Waals surface area contributed by atoms with Crippen molar-refractivity contribution in [2.75, 3.05) is 6.61 Å². The van der Waals surface area contributed by atoms with Crippen LogP contribution in [-0.4, -0.2) is 22.8 Å². The molecule has 0 radical (unpaired) electrons. The van der Waals surface area contributed by atoms with Gasteiger partial charge in [-0.1, -0.05) is 25.5 Å². The van der Waals surface area contributed by atoms with Crippen LogP contribution in [0.15, 0.2) is 24.3 Å². The number of carboxylic acids is 1. The largest absolute Gasteiger partial charge is 0.478 e. The number of aromatic carboxylic acids is 1. The Bertz CT molecular complexity index is 330. The number of benzene rings is 1. The molecule has 0 saturated heterocycles. The molecule has 0 fully saturated rings. The Hall–Kier alpha value is -1.35. The van der Waals surface area contributed by atoms with Gasteiger partial charge in [0, 0.05) is 6.61 Å². The highest BCUT2D eigenvalue weighted by Gasteiger charge is 2.07. The highest BCUT2D eigenvalue weighted by atomic mass is 16.4. The first-order valence-corrected chi connectivity index (χ1v) is 5.59. The maximum atomic E-state index is 10.7. The monoisotopic (exact) mass is 222 g/mol. The highest BCUT2D eigenvalue weighted by molar-refractivity contribution is 5.87. The zero-order valence-electron chi connectivity index (χ0n) is 9.52. The van der Waals surface area contributed by atoms with Crippen LogP contribution < -0.4 is 0 Å². The zero-order valence-corrected chi connectivity index (χ0v) is 9.52. The van der Waals surface area contributed by atoms with Crippen molar-refractivity contribution < 1.29 is 15.0 Å². The number of hydrogen-bond donors (Lipinski definition) is 2. The standard InChI is InChI=1S/C13H18O3/c1-10(4-2-3-9-14)11-5-7-12(8-6-11)13(15)16/h5-8,10,14H,2-4,9H2,1H3,(H,15,16). The molecule has 0 aromatic heterocycles. The SMILES string of the molecule is CC(CCCCO)c1ccc(C(=O)O)cc1. The number of carbonyl (C=O) groups is 1. The smallest absolute Gasteiger partial charge is 0.335 e. The zero-order chi connectivity index (χ0) is 12.0. The van der Waals surface area contributed by atoms with Crippen molar-refractivity contribution in [1.29, 1.82) is 0 Å². The maximum absolute atomic E-state index is 10.7. The molecule has 3 heteroatoms. The van der Waals surface area contributed by atoms with Gasteiger partial charge >= 0.3 is 5.97 Å². The molecular formula is C13H18O3. The molecule has 0 aliphatic rings. The van der Waals surface area contributed by atoms with Crippen LogP contribution in [0.2, 0.25) is 0 Å². The van der Waals surface area contributed by atoms with Gasteiger partial charge in [0.05, 0.1) is 5.56 Å². The molecule has 1 aromatic carbocycles. The van der Waals surface area contributed by atoms with Gasteiger partial charge < -0.3 is 10.2 Å². The van der Waals surface area contributed by atoms with E-state index >= 15 is 0 Å². The molecule has 88 valence electrons. The van der Waals surface area contributed by atoms with Gasteiger partial charge in [-0.3, -0.25) is 0 Å². The van der Waals surface area contributed by atoms with Gasteiger partial charge in [-0.15, -0.1) is 0 Å². The lowest BCUT2D eigenvalue weighted by atomic mass is 9.95. The van der Waals surface area contributed by atoms with Crippen molar-refractivity contribution >= 4 is 5.97 Å². The van der Waals surface area contributed by atoms with E-state index in [2.05, 4.69) is 6.92 Å². The second-order valence-corrected chi connectivity index (χ2v) is 4.05. The fraction of sp³-hybridized carbons (Fsp3) is 0.462. The van der Waals surface area contributed by atoms with Crippen molar-refractivity contribution in [3.63, 3.8) is 0 Å². The second-order valence-electron chi connectivity index (χ2n) is 4.05. The molecule has 3 nitrogen and oxygen atoms in total. The fourth-order valence-corrected chi connectivity index (χ4v) is 1.68. The molecule has 0 amide bonds. The quantitative estimate of drug-likeness (QED) is 0.727. The Kier molecular flexibility index (Phi) is 4.99. The van der Waals surface area contributed by atoms with E-state index in [0.717, 1.165) is 24.8 Å². The lowest BCUT2D eigenvalue weighted by Crippen LogP contribution is -1.98. The molecule has 0 spiro atoms. The van der Waals surface area contributed by atoms with Gasteiger partial charge in [0.15, 0.2) is 0 Å². The summed E-state index contributed by atoms with van der Waals surface area (Å²) in [5.74, 6) is -0.478. The van der Waals surface area contributed by atoms with E-state index in [1.807, 2.05) is 12.1 Å². The van der Waals surface area contributed by atoms with Crippen LogP contribution in [0.1, 0.15) is 48.0 Å². The molecule has 16 heavy (non-hydrogen) atoms. The van der Waals surface area contributed by atoms with Crippen LogP contribution in [0.25, 0.3) is 0 Å². The summed E-state index contributed by atoms with van der Waals surface area (Å²) in [6, 6.07) is 7.01. The number of rotatable bonds is 6. The molecule has 0 bridgehead atoms. The first kappa shape index (κ1) is 12.7. The summed E-state index contributed by atoms with van der Waals surface area (Å²) in [6.45, 7) is 2.36. The predicted octanol–water partition coefficient (Wildman–Crippen LogP) is 2.65. The van der Waals surface area contributed by atoms with E-state index in [-0.39, 0.29) is 6.61 Å². The van der Waals surface area contributed by atoms with Crippen molar-refractivity contribution in [3.05, 3.63) is 35.4 Å².